The molecular formula is C35H23N3O2. The highest BCUT2D eigenvalue weighted by Crippen LogP contribution is 2.40. The molecule has 3 heterocycles. The lowest BCUT2D eigenvalue weighted by molar-refractivity contribution is 0.476. The van der Waals surface area contributed by atoms with Crippen LogP contribution >= 0.6 is 0 Å². The van der Waals surface area contributed by atoms with Gasteiger partial charge < -0.3 is 14.1 Å². The first kappa shape index (κ1) is 22.6. The summed E-state index contributed by atoms with van der Waals surface area (Å²) < 4.78 is 8.01. The van der Waals surface area contributed by atoms with E-state index in [1.54, 1.807) is 6.07 Å². The van der Waals surface area contributed by atoms with Crippen molar-refractivity contribution in [3.63, 3.8) is 0 Å². The average molecular weight is 518 g/mol. The van der Waals surface area contributed by atoms with Crippen molar-refractivity contribution in [3.05, 3.63) is 115 Å². The second kappa shape index (κ2) is 8.55. The Hall–Kier alpha value is -5.42. The second-order valence-electron chi connectivity index (χ2n) is 10.1. The van der Waals surface area contributed by atoms with Crippen molar-refractivity contribution in [1.82, 2.24) is 14.5 Å². The van der Waals surface area contributed by atoms with Gasteiger partial charge in [0.2, 0.25) is 0 Å². The first-order valence-electron chi connectivity index (χ1n) is 13.2. The molecule has 0 unspecified atom stereocenters. The summed E-state index contributed by atoms with van der Waals surface area (Å²) in [6, 6.07) is 38.6. The number of pyridine rings is 1. The quantitative estimate of drug-likeness (QED) is 0.254. The number of imidazole rings is 1. The van der Waals surface area contributed by atoms with Gasteiger partial charge in [-0.05, 0) is 42.0 Å². The van der Waals surface area contributed by atoms with Crippen LogP contribution in [0.2, 0.25) is 0 Å². The Labute approximate surface area is 229 Å². The molecule has 1 N–H and O–H groups in total. The summed E-state index contributed by atoms with van der Waals surface area (Å²) in [4.78, 5) is 9.99. The van der Waals surface area contributed by atoms with Gasteiger partial charge in [0.1, 0.15) is 22.7 Å². The fourth-order valence-electron chi connectivity index (χ4n) is 5.70. The average Bonchev–Trinajstić information content (AvgIpc) is 3.53. The summed E-state index contributed by atoms with van der Waals surface area (Å²) >= 11 is 0. The number of aryl methyl sites for hydroxylation is 1. The number of rotatable bonds is 3. The number of aromatic hydroxyl groups is 1. The molecule has 5 nitrogen and oxygen atoms in total. The molecule has 40 heavy (non-hydrogen) atoms. The van der Waals surface area contributed by atoms with Crippen LogP contribution in [-0.2, 0) is 7.05 Å². The monoisotopic (exact) mass is 517 g/mol. The SMILES string of the molecule is Cn1c(-c2cc3c(cc2O)oc2ccccc23)nc2c(-c3cccc(-c4ccc5ccccc5n4)c3)cccc21. The van der Waals surface area contributed by atoms with E-state index in [2.05, 4.69) is 60.7 Å². The molecule has 0 amide bonds. The van der Waals surface area contributed by atoms with Gasteiger partial charge in [0.05, 0.1) is 27.8 Å². The van der Waals surface area contributed by atoms with Crippen LogP contribution in [0, 0.1) is 0 Å². The number of furan rings is 1. The van der Waals surface area contributed by atoms with Crippen LogP contribution in [0.1, 0.15) is 0 Å². The Bertz CT molecular complexity index is 2260. The fourth-order valence-corrected chi connectivity index (χ4v) is 5.70. The highest BCUT2D eigenvalue weighted by Gasteiger charge is 2.19. The molecule has 8 rings (SSSR count). The molecule has 0 aliphatic rings. The summed E-state index contributed by atoms with van der Waals surface area (Å²) in [5.41, 5.74) is 9.01. The third-order valence-electron chi connectivity index (χ3n) is 7.72. The number of fused-ring (bicyclic) bond motifs is 5. The normalized spacial score (nSPS) is 11.7. The number of nitrogens with zero attached hydrogens (tertiary/aromatic N) is 3. The summed E-state index contributed by atoms with van der Waals surface area (Å²) in [7, 11) is 1.99. The van der Waals surface area contributed by atoms with Gasteiger partial charge in [0.15, 0.2) is 0 Å². The van der Waals surface area contributed by atoms with Crippen molar-refractivity contribution in [2.75, 3.05) is 0 Å². The van der Waals surface area contributed by atoms with E-state index >= 15 is 0 Å². The third-order valence-corrected chi connectivity index (χ3v) is 7.72. The van der Waals surface area contributed by atoms with Crippen molar-refractivity contribution in [3.8, 4) is 39.5 Å². The van der Waals surface area contributed by atoms with Crippen molar-refractivity contribution in [2.24, 2.45) is 7.05 Å². The Morgan fingerprint density at radius 1 is 0.650 bits per heavy atom. The van der Waals surface area contributed by atoms with Crippen LogP contribution in [0.4, 0.5) is 0 Å². The Morgan fingerprint density at radius 3 is 2.42 bits per heavy atom. The van der Waals surface area contributed by atoms with Crippen LogP contribution < -0.4 is 0 Å². The van der Waals surface area contributed by atoms with Crippen LogP contribution in [0.15, 0.2) is 120 Å². The van der Waals surface area contributed by atoms with Gasteiger partial charge in [0.25, 0.3) is 0 Å². The molecule has 0 saturated carbocycles. The molecule has 0 spiro atoms. The highest BCUT2D eigenvalue weighted by atomic mass is 16.3. The maximum absolute atomic E-state index is 11.0. The molecule has 0 bridgehead atoms. The smallest absolute Gasteiger partial charge is 0.144 e. The number of phenolic OH excluding ortho intramolecular Hbond substituents is 1. The van der Waals surface area contributed by atoms with Crippen molar-refractivity contribution >= 4 is 43.9 Å². The number of aromatic nitrogens is 3. The van der Waals surface area contributed by atoms with E-state index in [1.165, 1.54) is 0 Å². The van der Waals surface area contributed by atoms with E-state index in [9.17, 15) is 5.11 Å². The van der Waals surface area contributed by atoms with Crippen molar-refractivity contribution < 1.29 is 9.52 Å². The second-order valence-corrected chi connectivity index (χ2v) is 10.1. The van der Waals surface area contributed by atoms with Gasteiger partial charge in [-0.1, -0.05) is 72.8 Å². The molecule has 0 saturated heterocycles. The van der Waals surface area contributed by atoms with E-state index in [4.69, 9.17) is 14.4 Å². The van der Waals surface area contributed by atoms with Gasteiger partial charge in [-0.15, -0.1) is 0 Å². The minimum absolute atomic E-state index is 0.135. The lowest BCUT2D eigenvalue weighted by Crippen LogP contribution is -1.92. The molecule has 0 fully saturated rings. The first-order chi connectivity index (χ1) is 19.6. The zero-order valence-corrected chi connectivity index (χ0v) is 21.7. The van der Waals surface area contributed by atoms with Crippen LogP contribution in [0.3, 0.4) is 0 Å². The molecule has 5 aromatic carbocycles. The lowest BCUT2D eigenvalue weighted by atomic mass is 10.00. The highest BCUT2D eigenvalue weighted by molar-refractivity contribution is 6.07. The topological polar surface area (TPSA) is 64.1 Å². The fraction of sp³-hybridized carbons (Fsp3) is 0.0286. The van der Waals surface area contributed by atoms with Gasteiger partial charge in [-0.2, -0.15) is 0 Å². The van der Waals surface area contributed by atoms with Crippen LogP contribution in [0.25, 0.3) is 77.6 Å². The molecule has 0 aliphatic heterocycles. The number of hydrogen-bond acceptors (Lipinski definition) is 4. The number of para-hydroxylation sites is 3. The first-order valence-corrected chi connectivity index (χ1v) is 13.2. The Kier molecular flexibility index (Phi) is 4.82. The van der Waals surface area contributed by atoms with Gasteiger partial charge >= 0.3 is 0 Å². The maximum atomic E-state index is 11.0. The van der Waals surface area contributed by atoms with Gasteiger partial charge in [-0.25, -0.2) is 9.97 Å². The van der Waals surface area contributed by atoms with Crippen LogP contribution in [-0.4, -0.2) is 19.6 Å². The van der Waals surface area contributed by atoms with E-state index in [0.29, 0.717) is 17.0 Å². The molecule has 0 aliphatic carbocycles. The predicted molar refractivity (Wildman–Crippen MR) is 161 cm³/mol. The third kappa shape index (κ3) is 3.41. The van der Waals surface area contributed by atoms with E-state index < -0.39 is 0 Å². The Balaban J connectivity index is 1.28. The van der Waals surface area contributed by atoms with Crippen molar-refractivity contribution in [1.29, 1.82) is 0 Å². The van der Waals surface area contributed by atoms with Crippen LogP contribution in [0.5, 0.6) is 5.75 Å². The van der Waals surface area contributed by atoms with E-state index in [1.807, 2.05) is 60.1 Å². The Morgan fingerprint density at radius 2 is 1.48 bits per heavy atom. The van der Waals surface area contributed by atoms with Crippen molar-refractivity contribution in [2.45, 2.75) is 0 Å². The molecule has 0 radical (unpaired) electrons. The largest absolute Gasteiger partial charge is 0.507 e. The molecular weight excluding hydrogens is 494 g/mol. The molecule has 190 valence electrons. The molecule has 3 aromatic heterocycles. The summed E-state index contributed by atoms with van der Waals surface area (Å²) in [6.45, 7) is 0. The standard InChI is InChI=1S/C35H23N3O2/c1-38-30-14-7-12-24(22-9-6-10-23(18-22)29-17-16-21-8-2-4-13-28(21)36-29)34(30)37-35(38)27-19-26-25-11-3-5-15-32(25)40-33(26)20-31(27)39/h2-20,39H,1H3. The number of benzene rings is 5. The number of phenols is 1. The maximum Gasteiger partial charge on any atom is 0.144 e. The summed E-state index contributed by atoms with van der Waals surface area (Å²) in [5.74, 6) is 0.829. The van der Waals surface area contributed by atoms with Gasteiger partial charge in [-0.3, -0.25) is 0 Å². The molecule has 5 heteroatoms. The molecule has 8 aromatic rings. The predicted octanol–water partition coefficient (Wildman–Crippen LogP) is 8.73. The minimum atomic E-state index is 0.135. The zero-order chi connectivity index (χ0) is 26.8. The number of hydrogen-bond donors (Lipinski definition) is 1. The summed E-state index contributed by atoms with van der Waals surface area (Å²) in [6.07, 6.45) is 0. The zero-order valence-electron chi connectivity index (χ0n) is 21.7. The lowest BCUT2D eigenvalue weighted by Gasteiger charge is -2.08. The van der Waals surface area contributed by atoms with E-state index in [0.717, 1.165) is 60.7 Å². The minimum Gasteiger partial charge on any atom is -0.507 e. The van der Waals surface area contributed by atoms with E-state index in [-0.39, 0.29) is 5.75 Å². The summed E-state index contributed by atoms with van der Waals surface area (Å²) in [5, 5.41) is 14.1. The van der Waals surface area contributed by atoms with Gasteiger partial charge in [0, 0.05) is 40.4 Å². The molecule has 0 atom stereocenters.